The van der Waals surface area contributed by atoms with Crippen LogP contribution in [0.3, 0.4) is 0 Å². The number of halogens is 1. The predicted molar refractivity (Wildman–Crippen MR) is 110 cm³/mol. The first kappa shape index (κ1) is 22.8. The lowest BCUT2D eigenvalue weighted by Gasteiger charge is -2.27. The number of amides is 2. The number of nitrogens with zero attached hydrogens (tertiary/aromatic N) is 1. The summed E-state index contributed by atoms with van der Waals surface area (Å²) in [5, 5.41) is 2.95. The Morgan fingerprint density at radius 3 is 2.42 bits per heavy atom. The van der Waals surface area contributed by atoms with Crippen molar-refractivity contribution in [1.29, 1.82) is 0 Å². The molecule has 0 bridgehead atoms. The molecule has 1 fully saturated rings. The van der Waals surface area contributed by atoms with Gasteiger partial charge in [0, 0.05) is 30.1 Å². The first-order chi connectivity index (χ1) is 12.0. The fourth-order valence-electron chi connectivity index (χ4n) is 2.83. The van der Waals surface area contributed by atoms with Crippen molar-refractivity contribution in [3.63, 3.8) is 0 Å². The Hall–Kier alpha value is -1.24. The maximum Gasteiger partial charge on any atom is 0.252 e. The average molecular weight is 400 g/mol. The molecule has 1 aromatic carbocycles. The largest absolute Gasteiger partial charge is 0.350 e. The number of carbonyl (C=O) groups is 2. The van der Waals surface area contributed by atoms with Crippen molar-refractivity contribution in [3.8, 4) is 0 Å². The minimum atomic E-state index is -0.372. The van der Waals surface area contributed by atoms with E-state index in [4.69, 9.17) is 5.73 Å². The monoisotopic (exact) mass is 399 g/mol. The number of benzene rings is 1. The van der Waals surface area contributed by atoms with E-state index in [2.05, 4.69) is 5.32 Å². The second-order valence-corrected chi connectivity index (χ2v) is 7.64. The number of carbonyl (C=O) groups excluding carboxylic acids is 2. The lowest BCUT2D eigenvalue weighted by molar-refractivity contribution is -0.127. The molecule has 0 saturated carbocycles. The third-order valence-electron chi connectivity index (χ3n) is 4.95. The maximum atomic E-state index is 12.6. The first-order valence-electron chi connectivity index (χ1n) is 9.06. The number of thioether (sulfide) groups is 1. The van der Waals surface area contributed by atoms with Gasteiger partial charge in [-0.05, 0) is 37.8 Å². The van der Waals surface area contributed by atoms with Gasteiger partial charge in [0.05, 0.1) is 11.3 Å². The summed E-state index contributed by atoms with van der Waals surface area (Å²) in [6.45, 7) is 6.22. The molecule has 26 heavy (non-hydrogen) atoms. The van der Waals surface area contributed by atoms with Gasteiger partial charge in [0.2, 0.25) is 5.91 Å². The Bertz CT molecular complexity index is 602. The fraction of sp³-hybridized carbons (Fsp3) is 0.579. The summed E-state index contributed by atoms with van der Waals surface area (Å²) in [7, 11) is 0. The topological polar surface area (TPSA) is 75.4 Å². The minimum Gasteiger partial charge on any atom is -0.350 e. The number of likely N-dealkylation sites (tertiary alicyclic amines) is 1. The number of nitrogens with two attached hydrogens (primary N) is 1. The highest BCUT2D eigenvalue weighted by Crippen LogP contribution is 2.24. The smallest absolute Gasteiger partial charge is 0.252 e. The van der Waals surface area contributed by atoms with E-state index >= 15 is 0 Å². The number of hydrogen-bond acceptors (Lipinski definition) is 4. The minimum absolute atomic E-state index is 0. The molecule has 1 aliphatic heterocycles. The van der Waals surface area contributed by atoms with Gasteiger partial charge >= 0.3 is 0 Å². The normalized spacial score (nSPS) is 14.0. The highest BCUT2D eigenvalue weighted by atomic mass is 35.5. The van der Waals surface area contributed by atoms with Crippen LogP contribution in [0.25, 0.3) is 0 Å². The van der Waals surface area contributed by atoms with Gasteiger partial charge in [-0.1, -0.05) is 26.0 Å². The van der Waals surface area contributed by atoms with Crippen LogP contribution in [-0.2, 0) is 4.79 Å². The standard InChI is InChI=1S/C19H29N3O2S.ClH/c1-3-19(20,4-2)14-21-18(24)15-9-5-6-10-16(15)25-13-17(23)22-11-7-8-12-22;/h5-6,9-10H,3-4,7-8,11-14,20H2,1-2H3,(H,21,24);1H. The molecule has 0 radical (unpaired) electrons. The summed E-state index contributed by atoms with van der Waals surface area (Å²) in [6, 6.07) is 7.43. The van der Waals surface area contributed by atoms with Crippen LogP contribution in [-0.4, -0.2) is 47.6 Å². The van der Waals surface area contributed by atoms with Gasteiger partial charge in [0.15, 0.2) is 0 Å². The van der Waals surface area contributed by atoms with Gasteiger partial charge in [-0.15, -0.1) is 24.2 Å². The zero-order valence-corrected chi connectivity index (χ0v) is 17.3. The van der Waals surface area contributed by atoms with Crippen molar-refractivity contribution >= 4 is 36.0 Å². The summed E-state index contributed by atoms with van der Waals surface area (Å²) < 4.78 is 0. The summed E-state index contributed by atoms with van der Waals surface area (Å²) in [4.78, 5) is 27.5. The molecule has 2 rings (SSSR count). The molecule has 1 aliphatic rings. The molecule has 2 amide bonds. The highest BCUT2D eigenvalue weighted by molar-refractivity contribution is 8.00. The predicted octanol–water partition coefficient (Wildman–Crippen LogP) is 3.07. The van der Waals surface area contributed by atoms with Gasteiger partial charge in [0.25, 0.3) is 5.91 Å². The van der Waals surface area contributed by atoms with E-state index in [1.54, 1.807) is 6.07 Å². The van der Waals surface area contributed by atoms with Crippen molar-refractivity contribution in [3.05, 3.63) is 29.8 Å². The van der Waals surface area contributed by atoms with E-state index in [0.29, 0.717) is 17.9 Å². The summed E-state index contributed by atoms with van der Waals surface area (Å²) in [6.07, 6.45) is 3.80. The zero-order valence-electron chi connectivity index (χ0n) is 15.6. The summed E-state index contributed by atoms with van der Waals surface area (Å²) in [5.41, 5.74) is 6.50. The molecule has 3 N–H and O–H groups in total. The molecule has 0 atom stereocenters. The van der Waals surface area contributed by atoms with Crippen LogP contribution >= 0.6 is 24.2 Å². The van der Waals surface area contributed by atoms with Gasteiger partial charge < -0.3 is 16.0 Å². The molecule has 5 nitrogen and oxygen atoms in total. The van der Waals surface area contributed by atoms with E-state index in [1.807, 2.05) is 36.9 Å². The molecular weight excluding hydrogens is 370 g/mol. The quantitative estimate of drug-likeness (QED) is 0.658. The lowest BCUT2D eigenvalue weighted by Crippen LogP contribution is -2.49. The molecule has 0 aromatic heterocycles. The Balaban J connectivity index is 0.00000338. The number of nitrogens with one attached hydrogen (secondary N) is 1. The average Bonchev–Trinajstić information content (AvgIpc) is 3.19. The molecule has 0 unspecified atom stereocenters. The second-order valence-electron chi connectivity index (χ2n) is 6.62. The molecule has 0 spiro atoms. The Morgan fingerprint density at radius 2 is 1.81 bits per heavy atom. The van der Waals surface area contributed by atoms with E-state index in [-0.39, 0.29) is 29.8 Å². The van der Waals surface area contributed by atoms with Crippen LogP contribution in [0, 0.1) is 0 Å². The van der Waals surface area contributed by atoms with Crippen LogP contribution in [0.15, 0.2) is 29.2 Å². The van der Waals surface area contributed by atoms with Gasteiger partial charge in [-0.3, -0.25) is 9.59 Å². The van der Waals surface area contributed by atoms with Crippen molar-refractivity contribution in [1.82, 2.24) is 10.2 Å². The SMILES string of the molecule is CCC(N)(CC)CNC(=O)c1ccccc1SCC(=O)N1CCCC1.Cl. The summed E-state index contributed by atoms with van der Waals surface area (Å²) in [5.74, 6) is 0.388. The van der Waals surface area contributed by atoms with Crippen molar-refractivity contribution < 1.29 is 9.59 Å². The van der Waals surface area contributed by atoms with Crippen LogP contribution in [0.5, 0.6) is 0 Å². The van der Waals surface area contributed by atoms with Gasteiger partial charge in [0.1, 0.15) is 0 Å². The van der Waals surface area contributed by atoms with E-state index in [0.717, 1.165) is 43.7 Å². The maximum absolute atomic E-state index is 12.6. The van der Waals surface area contributed by atoms with Crippen LogP contribution in [0.4, 0.5) is 0 Å². The van der Waals surface area contributed by atoms with Crippen LogP contribution in [0.2, 0.25) is 0 Å². The molecule has 7 heteroatoms. The molecule has 1 heterocycles. The van der Waals surface area contributed by atoms with Crippen molar-refractivity contribution in [2.45, 2.75) is 50.0 Å². The van der Waals surface area contributed by atoms with Gasteiger partial charge in [-0.2, -0.15) is 0 Å². The second kappa shape index (κ2) is 10.8. The molecule has 0 aliphatic carbocycles. The van der Waals surface area contributed by atoms with Gasteiger partial charge in [-0.25, -0.2) is 0 Å². The Morgan fingerprint density at radius 1 is 1.19 bits per heavy atom. The lowest BCUT2D eigenvalue weighted by atomic mass is 9.94. The van der Waals surface area contributed by atoms with E-state index < -0.39 is 0 Å². The van der Waals surface area contributed by atoms with E-state index in [1.165, 1.54) is 11.8 Å². The molecular formula is C19H30ClN3O2S. The molecule has 1 aromatic rings. The van der Waals surface area contributed by atoms with Crippen LogP contribution in [0.1, 0.15) is 49.9 Å². The van der Waals surface area contributed by atoms with E-state index in [9.17, 15) is 9.59 Å². The third-order valence-corrected chi connectivity index (χ3v) is 6.01. The van der Waals surface area contributed by atoms with Crippen molar-refractivity contribution in [2.75, 3.05) is 25.4 Å². The van der Waals surface area contributed by atoms with Crippen LogP contribution < -0.4 is 11.1 Å². The molecule has 1 saturated heterocycles. The number of rotatable bonds is 8. The summed E-state index contributed by atoms with van der Waals surface area (Å²) >= 11 is 1.43. The zero-order chi connectivity index (χ0) is 18.3. The fourth-order valence-corrected chi connectivity index (χ4v) is 3.78. The third kappa shape index (κ3) is 6.18. The number of hydrogen-bond donors (Lipinski definition) is 2. The Kier molecular flexibility index (Phi) is 9.47. The molecule has 146 valence electrons. The first-order valence-corrected chi connectivity index (χ1v) is 10.0. The highest BCUT2D eigenvalue weighted by Gasteiger charge is 2.23. The Labute approximate surface area is 166 Å². The van der Waals surface area contributed by atoms with Crippen molar-refractivity contribution in [2.24, 2.45) is 5.73 Å².